The molecule has 5 heteroatoms. The average molecular weight is 224 g/mol. The van der Waals surface area contributed by atoms with E-state index in [1.54, 1.807) is 6.92 Å². The second-order valence-corrected chi connectivity index (χ2v) is 4.14. The van der Waals surface area contributed by atoms with E-state index >= 15 is 0 Å². The molecule has 0 amide bonds. The van der Waals surface area contributed by atoms with E-state index in [1.807, 2.05) is 0 Å². The summed E-state index contributed by atoms with van der Waals surface area (Å²) in [4.78, 5) is 23.2. The summed E-state index contributed by atoms with van der Waals surface area (Å²) in [5.41, 5.74) is -1.64. The van der Waals surface area contributed by atoms with Crippen LogP contribution in [0.15, 0.2) is 24.5 Å². The summed E-state index contributed by atoms with van der Waals surface area (Å²) in [6.45, 7) is 5.02. The van der Waals surface area contributed by atoms with Crippen LogP contribution >= 0.6 is 0 Å². The molecule has 0 aromatic rings. The highest BCUT2D eigenvalue weighted by molar-refractivity contribution is 6.01. The zero-order valence-corrected chi connectivity index (χ0v) is 8.71. The minimum Gasteiger partial charge on any atom is -0.428 e. The number of allylic oxidation sites excluding steroid dienone is 1. The van der Waals surface area contributed by atoms with Gasteiger partial charge < -0.3 is 14.9 Å². The second kappa shape index (κ2) is 3.26. The van der Waals surface area contributed by atoms with Gasteiger partial charge >= 0.3 is 5.97 Å². The standard InChI is InChI=1S/C11H12O5/c1-5-3-4-7(12)9(14)11(5)8(13)6(2)16-10(11)15/h3-5,8-9,13-14H,2H2,1H3/t5-,8+,9-,11-/m0/s1. The van der Waals surface area contributed by atoms with Crippen LogP contribution in [0.5, 0.6) is 0 Å². The molecule has 2 N–H and O–H groups in total. The van der Waals surface area contributed by atoms with Crippen LogP contribution in [0.2, 0.25) is 0 Å². The van der Waals surface area contributed by atoms with E-state index in [9.17, 15) is 19.8 Å². The summed E-state index contributed by atoms with van der Waals surface area (Å²) in [6, 6.07) is 0. The molecule has 1 spiro atoms. The quantitative estimate of drug-likeness (QED) is 0.544. The van der Waals surface area contributed by atoms with Crippen molar-refractivity contribution in [2.75, 3.05) is 0 Å². The molecular formula is C11H12O5. The first kappa shape index (κ1) is 11.0. The molecule has 16 heavy (non-hydrogen) atoms. The zero-order valence-electron chi connectivity index (χ0n) is 8.71. The Morgan fingerprint density at radius 1 is 1.38 bits per heavy atom. The number of hydrogen-bond donors (Lipinski definition) is 2. The van der Waals surface area contributed by atoms with Gasteiger partial charge in [0, 0.05) is 0 Å². The Bertz CT molecular complexity index is 411. The fraction of sp³-hybridized carbons (Fsp3) is 0.455. The molecule has 1 fully saturated rings. The van der Waals surface area contributed by atoms with Crippen LogP contribution in [-0.4, -0.2) is 34.2 Å². The highest BCUT2D eigenvalue weighted by atomic mass is 16.6. The number of hydrogen-bond acceptors (Lipinski definition) is 5. The number of rotatable bonds is 0. The van der Waals surface area contributed by atoms with Gasteiger partial charge in [0.15, 0.2) is 5.78 Å². The van der Waals surface area contributed by atoms with Gasteiger partial charge in [-0.1, -0.05) is 19.6 Å². The van der Waals surface area contributed by atoms with E-state index in [0.717, 1.165) is 0 Å². The Kier molecular flexibility index (Phi) is 2.25. The van der Waals surface area contributed by atoms with Crippen molar-refractivity contribution in [3.05, 3.63) is 24.5 Å². The van der Waals surface area contributed by atoms with Crippen molar-refractivity contribution in [1.29, 1.82) is 0 Å². The van der Waals surface area contributed by atoms with Crippen LogP contribution in [0.25, 0.3) is 0 Å². The first-order chi connectivity index (χ1) is 7.42. The van der Waals surface area contributed by atoms with Crippen LogP contribution in [0, 0.1) is 11.3 Å². The number of carbonyl (C=O) groups is 2. The Labute approximate surface area is 92.0 Å². The number of aliphatic hydroxyl groups excluding tert-OH is 2. The largest absolute Gasteiger partial charge is 0.428 e. The van der Waals surface area contributed by atoms with E-state index in [4.69, 9.17) is 4.74 Å². The van der Waals surface area contributed by atoms with E-state index in [2.05, 4.69) is 6.58 Å². The van der Waals surface area contributed by atoms with Gasteiger partial charge in [-0.05, 0) is 12.0 Å². The van der Waals surface area contributed by atoms with E-state index < -0.39 is 35.3 Å². The third kappa shape index (κ3) is 1.07. The van der Waals surface area contributed by atoms with Crippen molar-refractivity contribution < 1.29 is 24.5 Å². The molecule has 0 unspecified atom stereocenters. The van der Waals surface area contributed by atoms with Crippen molar-refractivity contribution in [2.45, 2.75) is 19.1 Å². The van der Waals surface area contributed by atoms with Gasteiger partial charge in [-0.15, -0.1) is 0 Å². The van der Waals surface area contributed by atoms with Crippen LogP contribution in [0.4, 0.5) is 0 Å². The monoisotopic (exact) mass is 224 g/mol. The first-order valence-corrected chi connectivity index (χ1v) is 4.91. The third-order valence-corrected chi connectivity index (χ3v) is 3.36. The van der Waals surface area contributed by atoms with E-state index in [0.29, 0.717) is 0 Å². The fourth-order valence-corrected chi connectivity index (χ4v) is 2.31. The summed E-state index contributed by atoms with van der Waals surface area (Å²) in [5, 5.41) is 19.8. The fourth-order valence-electron chi connectivity index (χ4n) is 2.31. The van der Waals surface area contributed by atoms with Crippen molar-refractivity contribution in [1.82, 2.24) is 0 Å². The first-order valence-electron chi connectivity index (χ1n) is 4.91. The minimum absolute atomic E-state index is 0.126. The normalized spacial score (nSPS) is 42.9. The van der Waals surface area contributed by atoms with Crippen molar-refractivity contribution in [2.24, 2.45) is 11.3 Å². The Morgan fingerprint density at radius 3 is 2.50 bits per heavy atom. The molecule has 1 aliphatic carbocycles. The molecule has 4 atom stereocenters. The van der Waals surface area contributed by atoms with Gasteiger partial charge in [0.25, 0.3) is 0 Å². The number of ketones is 1. The molecule has 2 aliphatic rings. The molecular weight excluding hydrogens is 212 g/mol. The molecule has 0 aromatic carbocycles. The lowest BCUT2D eigenvalue weighted by molar-refractivity contribution is -0.163. The summed E-state index contributed by atoms with van der Waals surface area (Å²) in [5.74, 6) is -2.03. The smallest absolute Gasteiger partial charge is 0.324 e. The molecule has 86 valence electrons. The summed E-state index contributed by atoms with van der Waals surface area (Å²) in [7, 11) is 0. The number of carbonyl (C=O) groups excluding carboxylic acids is 2. The lowest BCUT2D eigenvalue weighted by Gasteiger charge is -2.37. The molecule has 2 rings (SSSR count). The zero-order chi connectivity index (χ0) is 12.1. The summed E-state index contributed by atoms with van der Waals surface area (Å²) >= 11 is 0. The SMILES string of the molecule is C=C1OC(=O)[C@]2([C@@H]1O)[C@@H](C)C=CC(=O)[C@@H]2O. The predicted octanol–water partition coefficient (Wildman–Crippen LogP) is -0.460. The van der Waals surface area contributed by atoms with Gasteiger partial charge in [0.2, 0.25) is 0 Å². The topological polar surface area (TPSA) is 83.8 Å². The van der Waals surface area contributed by atoms with Crippen LogP contribution in [0.3, 0.4) is 0 Å². The Balaban J connectivity index is 2.58. The van der Waals surface area contributed by atoms with Crippen molar-refractivity contribution >= 4 is 11.8 Å². The van der Waals surface area contributed by atoms with E-state index in [1.165, 1.54) is 12.2 Å². The summed E-state index contributed by atoms with van der Waals surface area (Å²) < 4.78 is 4.73. The maximum absolute atomic E-state index is 11.7. The maximum atomic E-state index is 11.7. The Hall–Kier alpha value is -1.46. The molecule has 1 saturated heterocycles. The van der Waals surface area contributed by atoms with Crippen molar-refractivity contribution in [3.63, 3.8) is 0 Å². The van der Waals surface area contributed by atoms with Crippen molar-refractivity contribution in [3.8, 4) is 0 Å². The molecule has 1 heterocycles. The molecule has 5 nitrogen and oxygen atoms in total. The lowest BCUT2D eigenvalue weighted by Crippen LogP contribution is -2.55. The Morgan fingerprint density at radius 2 is 2.00 bits per heavy atom. The number of ether oxygens (including phenoxy) is 1. The highest BCUT2D eigenvalue weighted by Crippen LogP contribution is 2.47. The molecule has 0 aromatic heterocycles. The summed E-state index contributed by atoms with van der Waals surface area (Å²) in [6.07, 6.45) is -0.257. The van der Waals surface area contributed by atoms with Crippen LogP contribution < -0.4 is 0 Å². The van der Waals surface area contributed by atoms with Crippen LogP contribution in [-0.2, 0) is 14.3 Å². The van der Waals surface area contributed by atoms with Gasteiger partial charge in [-0.25, -0.2) is 0 Å². The third-order valence-electron chi connectivity index (χ3n) is 3.36. The minimum atomic E-state index is -1.64. The van der Waals surface area contributed by atoms with Gasteiger partial charge in [0.05, 0.1) is 0 Å². The van der Waals surface area contributed by atoms with Crippen LogP contribution in [0.1, 0.15) is 6.92 Å². The molecule has 1 aliphatic heterocycles. The van der Waals surface area contributed by atoms with Gasteiger partial charge in [-0.2, -0.15) is 0 Å². The van der Waals surface area contributed by atoms with E-state index in [-0.39, 0.29) is 5.76 Å². The average Bonchev–Trinajstić information content (AvgIpc) is 2.45. The number of esters is 1. The number of aliphatic hydroxyl groups is 2. The molecule has 0 bridgehead atoms. The maximum Gasteiger partial charge on any atom is 0.324 e. The van der Waals surface area contributed by atoms with Gasteiger partial charge in [0.1, 0.15) is 23.4 Å². The highest BCUT2D eigenvalue weighted by Gasteiger charge is 2.64. The number of cyclic esters (lactones) is 1. The lowest BCUT2D eigenvalue weighted by atomic mass is 9.65. The second-order valence-electron chi connectivity index (χ2n) is 4.14. The predicted molar refractivity (Wildman–Crippen MR) is 53.0 cm³/mol. The molecule has 0 radical (unpaired) electrons. The van der Waals surface area contributed by atoms with Gasteiger partial charge in [-0.3, -0.25) is 9.59 Å². The molecule has 0 saturated carbocycles.